The van der Waals surface area contributed by atoms with Crippen LogP contribution in [0.4, 0.5) is 0 Å². The summed E-state index contributed by atoms with van der Waals surface area (Å²) in [5, 5.41) is 3.51. The number of benzene rings is 3. The summed E-state index contributed by atoms with van der Waals surface area (Å²) in [6.07, 6.45) is 9.77. The van der Waals surface area contributed by atoms with Crippen molar-refractivity contribution >= 4 is 11.6 Å². The van der Waals surface area contributed by atoms with Gasteiger partial charge >= 0.3 is 0 Å². The van der Waals surface area contributed by atoms with Crippen LogP contribution in [-0.2, 0) is 18.8 Å². The molecule has 43 heavy (non-hydrogen) atoms. The Balaban J connectivity index is 0.000000196. The molecular formula is C36H36ClN3O3. The predicted molar refractivity (Wildman–Crippen MR) is 173 cm³/mol. The van der Waals surface area contributed by atoms with Crippen molar-refractivity contribution in [1.29, 1.82) is 0 Å². The molecule has 3 aromatic carbocycles. The summed E-state index contributed by atoms with van der Waals surface area (Å²) in [5.41, 5.74) is 7.93. The van der Waals surface area contributed by atoms with Gasteiger partial charge in [-0.2, -0.15) is 0 Å². The van der Waals surface area contributed by atoms with Gasteiger partial charge in [-0.15, -0.1) is 11.6 Å². The molecule has 0 aliphatic carbocycles. The monoisotopic (exact) mass is 593 g/mol. The predicted octanol–water partition coefficient (Wildman–Crippen LogP) is 7.74. The molecule has 0 spiro atoms. The molecule has 3 heterocycles. The number of para-hydroxylation sites is 1. The minimum Gasteiger partial charge on any atom is -0.497 e. The van der Waals surface area contributed by atoms with E-state index < -0.39 is 0 Å². The number of pyridine rings is 2. The SMILES string of the molecule is COc1ccc(-c2cncc(CCl)c2)cc1.COc1ccc(-c2cncc(CNCC3CCc4ccccc4O3)c2)cc1. The maximum atomic E-state index is 6.09. The smallest absolute Gasteiger partial charge is 0.122 e. The third-order valence-corrected chi connectivity index (χ3v) is 7.60. The molecule has 0 fully saturated rings. The van der Waals surface area contributed by atoms with Crippen LogP contribution in [0.1, 0.15) is 23.1 Å². The number of halogens is 1. The van der Waals surface area contributed by atoms with Crippen molar-refractivity contribution in [1.82, 2.24) is 15.3 Å². The molecule has 1 unspecified atom stereocenters. The van der Waals surface area contributed by atoms with E-state index in [0.717, 1.165) is 71.0 Å². The number of nitrogens with zero attached hydrogens (tertiary/aromatic N) is 2. The fourth-order valence-electron chi connectivity index (χ4n) is 4.93. The number of fused-ring (bicyclic) bond motifs is 1. The van der Waals surface area contributed by atoms with E-state index in [2.05, 4.69) is 51.7 Å². The van der Waals surface area contributed by atoms with Crippen molar-refractivity contribution in [2.75, 3.05) is 20.8 Å². The van der Waals surface area contributed by atoms with E-state index in [-0.39, 0.29) is 6.10 Å². The number of aromatic nitrogens is 2. The lowest BCUT2D eigenvalue weighted by molar-refractivity contribution is 0.170. The summed E-state index contributed by atoms with van der Waals surface area (Å²) in [5.74, 6) is 3.22. The Bertz CT molecular complexity index is 1590. The lowest BCUT2D eigenvalue weighted by atomic mass is 10.0. The molecule has 6 nitrogen and oxygen atoms in total. The number of hydrogen-bond acceptors (Lipinski definition) is 6. The standard InChI is InChI=1S/C23H24N2O2.C13H12ClNO/c1-26-21-9-6-18(7-10-21)20-12-17(13-24-15-20)14-25-16-22-11-8-19-4-2-3-5-23(19)27-22;1-16-13-4-2-11(3-5-13)12-6-10(7-14)8-15-9-12/h2-7,9-10,12-13,15,22,25H,8,11,14,16H2,1H3;2-6,8-9H,7H2,1H3. The first-order valence-electron chi connectivity index (χ1n) is 14.3. The van der Waals surface area contributed by atoms with Crippen LogP contribution in [0.5, 0.6) is 17.2 Å². The number of aryl methyl sites for hydroxylation is 1. The van der Waals surface area contributed by atoms with Gasteiger partial charge in [0.2, 0.25) is 0 Å². The lowest BCUT2D eigenvalue weighted by Crippen LogP contribution is -2.33. The zero-order chi connectivity index (χ0) is 29.9. The fraction of sp³-hybridized carbons (Fsp3) is 0.222. The van der Waals surface area contributed by atoms with Crippen LogP contribution in [0.25, 0.3) is 22.3 Å². The fourth-order valence-corrected chi connectivity index (χ4v) is 5.08. The molecule has 0 saturated heterocycles. The van der Waals surface area contributed by atoms with Gasteiger partial charge in [-0.25, -0.2) is 0 Å². The minimum atomic E-state index is 0.220. The maximum Gasteiger partial charge on any atom is 0.122 e. The van der Waals surface area contributed by atoms with E-state index in [0.29, 0.717) is 5.88 Å². The summed E-state index contributed by atoms with van der Waals surface area (Å²) in [7, 11) is 3.34. The number of ether oxygens (including phenoxy) is 3. The zero-order valence-corrected chi connectivity index (χ0v) is 25.3. The third-order valence-electron chi connectivity index (χ3n) is 7.29. The van der Waals surface area contributed by atoms with Crippen molar-refractivity contribution in [3.05, 3.63) is 126 Å². The molecule has 0 bridgehead atoms. The van der Waals surface area contributed by atoms with Crippen molar-refractivity contribution in [2.45, 2.75) is 31.4 Å². The second-order valence-corrected chi connectivity index (χ2v) is 10.5. The number of rotatable bonds is 9. The highest BCUT2D eigenvalue weighted by Crippen LogP contribution is 2.27. The largest absolute Gasteiger partial charge is 0.497 e. The molecule has 1 aliphatic rings. The molecule has 220 valence electrons. The Morgan fingerprint density at radius 1 is 0.744 bits per heavy atom. The first kappa shape index (κ1) is 30.1. The van der Waals surface area contributed by atoms with Crippen LogP contribution in [-0.4, -0.2) is 36.8 Å². The second kappa shape index (κ2) is 15.2. The summed E-state index contributed by atoms with van der Waals surface area (Å²) in [6, 6.07) is 28.5. The molecule has 1 aliphatic heterocycles. The average Bonchev–Trinajstić information content (AvgIpc) is 3.09. The molecule has 6 rings (SSSR count). The normalized spacial score (nSPS) is 13.6. The van der Waals surface area contributed by atoms with E-state index in [9.17, 15) is 0 Å². The molecule has 0 amide bonds. The van der Waals surface area contributed by atoms with Gasteiger partial charge in [-0.3, -0.25) is 9.97 Å². The molecule has 5 aromatic rings. The first-order valence-corrected chi connectivity index (χ1v) is 14.9. The van der Waals surface area contributed by atoms with E-state index >= 15 is 0 Å². The van der Waals surface area contributed by atoms with Gasteiger partial charge in [0, 0.05) is 54.9 Å². The Morgan fingerprint density at radius 3 is 1.93 bits per heavy atom. The Kier molecular flexibility index (Phi) is 10.6. The van der Waals surface area contributed by atoms with Gasteiger partial charge in [0.25, 0.3) is 0 Å². The van der Waals surface area contributed by atoms with E-state index in [4.69, 9.17) is 25.8 Å². The third kappa shape index (κ3) is 8.34. The molecule has 7 heteroatoms. The number of methoxy groups -OCH3 is 2. The average molecular weight is 594 g/mol. The van der Waals surface area contributed by atoms with Crippen molar-refractivity contribution in [3.63, 3.8) is 0 Å². The minimum absolute atomic E-state index is 0.220. The molecule has 0 radical (unpaired) electrons. The molecule has 0 saturated carbocycles. The van der Waals surface area contributed by atoms with Crippen molar-refractivity contribution in [3.8, 4) is 39.5 Å². The van der Waals surface area contributed by atoms with Gasteiger partial charge in [0.05, 0.1) is 14.2 Å². The second-order valence-electron chi connectivity index (χ2n) is 10.3. The quantitative estimate of drug-likeness (QED) is 0.176. The molecule has 2 aromatic heterocycles. The lowest BCUT2D eigenvalue weighted by Gasteiger charge is -2.26. The molecular weight excluding hydrogens is 558 g/mol. The van der Waals surface area contributed by atoms with Gasteiger partial charge in [-0.1, -0.05) is 42.5 Å². The van der Waals surface area contributed by atoms with Crippen LogP contribution in [0, 0.1) is 0 Å². The van der Waals surface area contributed by atoms with Crippen LogP contribution in [0.2, 0.25) is 0 Å². The number of nitrogens with one attached hydrogen (secondary N) is 1. The Hall–Kier alpha value is -4.39. The van der Waals surface area contributed by atoms with Gasteiger partial charge in [0.15, 0.2) is 0 Å². The molecule has 1 atom stereocenters. The van der Waals surface area contributed by atoms with Gasteiger partial charge < -0.3 is 19.5 Å². The van der Waals surface area contributed by atoms with Crippen LogP contribution in [0.15, 0.2) is 110 Å². The number of alkyl halides is 1. The first-order chi connectivity index (χ1) is 21.1. The van der Waals surface area contributed by atoms with E-state index in [1.54, 1.807) is 20.4 Å². The zero-order valence-electron chi connectivity index (χ0n) is 24.5. The number of hydrogen-bond donors (Lipinski definition) is 1. The van der Waals surface area contributed by atoms with Gasteiger partial charge in [0.1, 0.15) is 23.4 Å². The highest BCUT2D eigenvalue weighted by Gasteiger charge is 2.18. The van der Waals surface area contributed by atoms with Crippen LogP contribution in [0.3, 0.4) is 0 Å². The highest BCUT2D eigenvalue weighted by atomic mass is 35.5. The highest BCUT2D eigenvalue weighted by molar-refractivity contribution is 6.17. The summed E-state index contributed by atoms with van der Waals surface area (Å²) in [6.45, 7) is 1.61. The van der Waals surface area contributed by atoms with E-state index in [1.165, 1.54) is 11.1 Å². The van der Waals surface area contributed by atoms with Gasteiger partial charge in [-0.05, 0) is 83.1 Å². The van der Waals surface area contributed by atoms with Crippen LogP contribution < -0.4 is 19.5 Å². The Labute approximate surface area is 258 Å². The Morgan fingerprint density at radius 2 is 1.33 bits per heavy atom. The van der Waals surface area contributed by atoms with Crippen molar-refractivity contribution < 1.29 is 14.2 Å². The van der Waals surface area contributed by atoms with E-state index in [1.807, 2.05) is 67.1 Å². The molecule has 1 N–H and O–H groups in total. The maximum absolute atomic E-state index is 6.09. The summed E-state index contributed by atoms with van der Waals surface area (Å²) < 4.78 is 16.4. The summed E-state index contributed by atoms with van der Waals surface area (Å²) in [4.78, 5) is 8.56. The van der Waals surface area contributed by atoms with Crippen molar-refractivity contribution in [2.24, 2.45) is 0 Å². The topological polar surface area (TPSA) is 65.5 Å². The summed E-state index contributed by atoms with van der Waals surface area (Å²) >= 11 is 5.77. The van der Waals surface area contributed by atoms with Crippen LogP contribution >= 0.6 is 11.6 Å².